The first-order valence-corrected chi connectivity index (χ1v) is 8.09. The molecule has 2 atom stereocenters. The van der Waals surface area contributed by atoms with E-state index in [4.69, 9.17) is 10.00 Å². The molecule has 2 aliphatic rings. The van der Waals surface area contributed by atoms with Gasteiger partial charge < -0.3 is 14.5 Å². The minimum absolute atomic E-state index is 0.0123. The summed E-state index contributed by atoms with van der Waals surface area (Å²) in [7, 11) is 0. The van der Waals surface area contributed by atoms with Crippen LogP contribution in [0.1, 0.15) is 18.2 Å². The zero-order valence-electron chi connectivity index (χ0n) is 13.7. The van der Waals surface area contributed by atoms with Gasteiger partial charge in [0.05, 0.1) is 19.1 Å². The maximum Gasteiger partial charge on any atom is 0.227 e. The number of morpholine rings is 1. The molecule has 2 saturated heterocycles. The summed E-state index contributed by atoms with van der Waals surface area (Å²) in [4.78, 5) is 21.2. The SMILES string of the molecule is Cc1ccc(N2C[C@@H](C)[C@H](C(=O)N3CCOCC3)C2)nc1C#N. The van der Waals surface area contributed by atoms with Crippen LogP contribution in [0.15, 0.2) is 12.1 Å². The van der Waals surface area contributed by atoms with Gasteiger partial charge in [-0.05, 0) is 24.5 Å². The number of rotatable bonds is 2. The number of aryl methyl sites for hydroxylation is 1. The van der Waals surface area contributed by atoms with Gasteiger partial charge in [-0.3, -0.25) is 4.79 Å². The molecule has 1 aromatic rings. The molecule has 0 aliphatic carbocycles. The van der Waals surface area contributed by atoms with Crippen molar-refractivity contribution in [1.82, 2.24) is 9.88 Å². The molecule has 0 spiro atoms. The molecule has 2 fully saturated rings. The van der Waals surface area contributed by atoms with Crippen LogP contribution in [0.2, 0.25) is 0 Å². The van der Waals surface area contributed by atoms with Crippen LogP contribution >= 0.6 is 0 Å². The zero-order chi connectivity index (χ0) is 16.4. The molecule has 23 heavy (non-hydrogen) atoms. The number of pyridine rings is 1. The molecule has 122 valence electrons. The molecule has 0 unspecified atom stereocenters. The Balaban J connectivity index is 1.73. The average Bonchev–Trinajstić information content (AvgIpc) is 2.97. The molecule has 0 aromatic carbocycles. The van der Waals surface area contributed by atoms with Crippen molar-refractivity contribution in [3.8, 4) is 6.07 Å². The van der Waals surface area contributed by atoms with Crippen LogP contribution in [0.5, 0.6) is 0 Å². The molecule has 6 nitrogen and oxygen atoms in total. The highest BCUT2D eigenvalue weighted by Gasteiger charge is 2.38. The van der Waals surface area contributed by atoms with Crippen molar-refractivity contribution in [2.24, 2.45) is 11.8 Å². The highest BCUT2D eigenvalue weighted by atomic mass is 16.5. The summed E-state index contributed by atoms with van der Waals surface area (Å²) in [6, 6.07) is 5.98. The van der Waals surface area contributed by atoms with E-state index < -0.39 is 0 Å². The molecular weight excluding hydrogens is 292 g/mol. The lowest BCUT2D eigenvalue weighted by molar-refractivity contribution is -0.140. The Hall–Kier alpha value is -2.13. The number of anilines is 1. The van der Waals surface area contributed by atoms with Crippen molar-refractivity contribution in [3.05, 3.63) is 23.4 Å². The lowest BCUT2D eigenvalue weighted by Crippen LogP contribution is -2.45. The summed E-state index contributed by atoms with van der Waals surface area (Å²) in [5.74, 6) is 1.27. The lowest BCUT2D eigenvalue weighted by atomic mass is 9.96. The summed E-state index contributed by atoms with van der Waals surface area (Å²) < 4.78 is 5.32. The zero-order valence-corrected chi connectivity index (χ0v) is 13.7. The molecule has 0 N–H and O–H groups in total. The monoisotopic (exact) mass is 314 g/mol. The number of hydrogen-bond donors (Lipinski definition) is 0. The fraction of sp³-hybridized carbons (Fsp3) is 0.588. The number of carbonyl (C=O) groups is 1. The molecule has 2 aliphatic heterocycles. The van der Waals surface area contributed by atoms with Crippen molar-refractivity contribution in [2.45, 2.75) is 13.8 Å². The van der Waals surface area contributed by atoms with E-state index in [9.17, 15) is 4.79 Å². The Morgan fingerprint density at radius 3 is 2.78 bits per heavy atom. The third kappa shape index (κ3) is 3.15. The van der Waals surface area contributed by atoms with Gasteiger partial charge in [-0.1, -0.05) is 13.0 Å². The second-order valence-electron chi connectivity index (χ2n) is 6.37. The van der Waals surface area contributed by atoms with Crippen LogP contribution in [0, 0.1) is 30.1 Å². The summed E-state index contributed by atoms with van der Waals surface area (Å²) in [6.45, 7) is 8.07. The first kappa shape index (κ1) is 15.8. The van der Waals surface area contributed by atoms with Gasteiger partial charge in [-0.25, -0.2) is 4.98 Å². The normalized spacial score (nSPS) is 24.6. The van der Waals surface area contributed by atoms with E-state index in [0.29, 0.717) is 38.5 Å². The smallest absolute Gasteiger partial charge is 0.227 e. The van der Waals surface area contributed by atoms with E-state index in [1.54, 1.807) is 0 Å². The fourth-order valence-corrected chi connectivity index (χ4v) is 3.30. The van der Waals surface area contributed by atoms with E-state index in [0.717, 1.165) is 17.9 Å². The number of aromatic nitrogens is 1. The molecule has 0 saturated carbocycles. The van der Waals surface area contributed by atoms with E-state index >= 15 is 0 Å². The van der Waals surface area contributed by atoms with Gasteiger partial charge in [-0.15, -0.1) is 0 Å². The van der Waals surface area contributed by atoms with Crippen LogP contribution in [-0.2, 0) is 9.53 Å². The molecule has 1 amide bonds. The van der Waals surface area contributed by atoms with Crippen LogP contribution in [0.3, 0.4) is 0 Å². The standard InChI is InChI=1S/C17H22N4O2/c1-12-3-4-16(19-15(12)9-18)21-10-13(2)14(11-21)17(22)20-5-7-23-8-6-20/h3-4,13-14H,5-8,10-11H2,1-2H3/t13-,14-/m1/s1. The molecule has 0 bridgehead atoms. The number of nitriles is 1. The molecule has 6 heteroatoms. The summed E-state index contributed by atoms with van der Waals surface area (Å²) in [5, 5.41) is 9.14. The van der Waals surface area contributed by atoms with E-state index in [2.05, 4.69) is 22.9 Å². The van der Waals surface area contributed by atoms with Crippen LogP contribution < -0.4 is 4.90 Å². The number of amides is 1. The topological polar surface area (TPSA) is 69.5 Å². The number of nitrogens with zero attached hydrogens (tertiary/aromatic N) is 4. The van der Waals surface area contributed by atoms with Crippen molar-refractivity contribution in [2.75, 3.05) is 44.3 Å². The van der Waals surface area contributed by atoms with Gasteiger partial charge >= 0.3 is 0 Å². The first-order chi connectivity index (χ1) is 11.1. The van der Waals surface area contributed by atoms with Crippen molar-refractivity contribution in [1.29, 1.82) is 5.26 Å². The summed E-state index contributed by atoms with van der Waals surface area (Å²) in [6.07, 6.45) is 0. The van der Waals surface area contributed by atoms with Gasteiger partial charge in [0.1, 0.15) is 17.6 Å². The Labute approximate surface area is 136 Å². The Morgan fingerprint density at radius 2 is 2.09 bits per heavy atom. The van der Waals surface area contributed by atoms with Gasteiger partial charge in [0.15, 0.2) is 0 Å². The molecular formula is C17H22N4O2. The second kappa shape index (κ2) is 6.55. The highest BCUT2D eigenvalue weighted by Crippen LogP contribution is 2.29. The van der Waals surface area contributed by atoms with Crippen molar-refractivity contribution in [3.63, 3.8) is 0 Å². The average molecular weight is 314 g/mol. The first-order valence-electron chi connectivity index (χ1n) is 8.09. The maximum absolute atomic E-state index is 12.7. The third-order valence-corrected chi connectivity index (χ3v) is 4.76. The minimum Gasteiger partial charge on any atom is -0.378 e. The Morgan fingerprint density at radius 1 is 1.35 bits per heavy atom. The van der Waals surface area contributed by atoms with Gasteiger partial charge in [0.2, 0.25) is 5.91 Å². The Kier molecular flexibility index (Phi) is 4.49. The quantitative estimate of drug-likeness (QED) is 0.820. The number of carbonyl (C=O) groups excluding carboxylic acids is 1. The Bertz CT molecular complexity index is 634. The second-order valence-corrected chi connectivity index (χ2v) is 6.37. The molecule has 1 aromatic heterocycles. The highest BCUT2D eigenvalue weighted by molar-refractivity contribution is 5.80. The number of ether oxygens (including phenoxy) is 1. The van der Waals surface area contributed by atoms with Crippen LogP contribution in [0.4, 0.5) is 5.82 Å². The lowest BCUT2D eigenvalue weighted by Gasteiger charge is -2.30. The molecule has 3 heterocycles. The van der Waals surface area contributed by atoms with Crippen LogP contribution in [-0.4, -0.2) is 55.2 Å². The van der Waals surface area contributed by atoms with Crippen molar-refractivity contribution >= 4 is 11.7 Å². The molecule has 3 rings (SSSR count). The van der Waals surface area contributed by atoms with Gasteiger partial charge in [-0.2, -0.15) is 5.26 Å². The summed E-state index contributed by atoms with van der Waals surface area (Å²) >= 11 is 0. The number of hydrogen-bond acceptors (Lipinski definition) is 5. The van der Waals surface area contributed by atoms with Gasteiger partial charge in [0, 0.05) is 26.2 Å². The fourth-order valence-electron chi connectivity index (χ4n) is 3.30. The molecule has 0 radical (unpaired) electrons. The minimum atomic E-state index is -0.0123. The largest absolute Gasteiger partial charge is 0.378 e. The maximum atomic E-state index is 12.7. The predicted octanol–water partition coefficient (Wildman–Crippen LogP) is 1.19. The summed E-state index contributed by atoms with van der Waals surface area (Å²) in [5.41, 5.74) is 1.34. The van der Waals surface area contributed by atoms with Gasteiger partial charge in [0.25, 0.3) is 0 Å². The predicted molar refractivity (Wildman–Crippen MR) is 86.0 cm³/mol. The van der Waals surface area contributed by atoms with E-state index in [-0.39, 0.29) is 17.7 Å². The van der Waals surface area contributed by atoms with E-state index in [1.165, 1.54) is 0 Å². The van der Waals surface area contributed by atoms with Crippen LogP contribution in [0.25, 0.3) is 0 Å². The van der Waals surface area contributed by atoms with E-state index in [1.807, 2.05) is 24.0 Å². The third-order valence-electron chi connectivity index (χ3n) is 4.76. The van der Waals surface area contributed by atoms with Crippen molar-refractivity contribution < 1.29 is 9.53 Å².